The minimum Gasteiger partial charge on any atom is -0.339 e. The van der Waals surface area contributed by atoms with Gasteiger partial charge in [0.15, 0.2) is 0 Å². The van der Waals surface area contributed by atoms with Crippen LogP contribution in [0.1, 0.15) is 31.6 Å². The Kier molecular flexibility index (Phi) is 3.53. The molecule has 0 bridgehead atoms. The molecule has 0 radical (unpaired) electrons. The van der Waals surface area contributed by atoms with Gasteiger partial charge < -0.3 is 9.84 Å². The van der Waals surface area contributed by atoms with E-state index in [4.69, 9.17) is 16.1 Å². The first-order valence-corrected chi connectivity index (χ1v) is 6.93. The Balaban J connectivity index is 1.85. The number of hydrogen-bond donors (Lipinski definition) is 1. The van der Waals surface area contributed by atoms with Crippen molar-refractivity contribution >= 4 is 11.6 Å². The Bertz CT molecular complexity index is 569. The topological polar surface area (TPSA) is 51.0 Å². The SMILES string of the molecule is C[C@H]1C[C@@H](c2nc(-c3ccccc3Cl)no2)CCN1. The van der Waals surface area contributed by atoms with Gasteiger partial charge in [0, 0.05) is 17.5 Å². The summed E-state index contributed by atoms with van der Waals surface area (Å²) in [5, 5.41) is 8.12. The third-order valence-corrected chi connectivity index (χ3v) is 3.86. The van der Waals surface area contributed by atoms with Gasteiger partial charge in [-0.1, -0.05) is 28.9 Å². The van der Waals surface area contributed by atoms with E-state index in [0.29, 0.717) is 22.8 Å². The summed E-state index contributed by atoms with van der Waals surface area (Å²) in [7, 11) is 0. The van der Waals surface area contributed by atoms with Crippen molar-refractivity contribution in [3.8, 4) is 11.4 Å². The number of benzene rings is 1. The van der Waals surface area contributed by atoms with Gasteiger partial charge in [0.25, 0.3) is 0 Å². The number of rotatable bonds is 2. The summed E-state index contributed by atoms with van der Waals surface area (Å²) < 4.78 is 5.41. The van der Waals surface area contributed by atoms with Gasteiger partial charge in [0.2, 0.25) is 11.7 Å². The van der Waals surface area contributed by atoms with Gasteiger partial charge in [0.1, 0.15) is 0 Å². The van der Waals surface area contributed by atoms with E-state index >= 15 is 0 Å². The highest BCUT2D eigenvalue weighted by Gasteiger charge is 2.25. The molecule has 1 aliphatic heterocycles. The lowest BCUT2D eigenvalue weighted by Gasteiger charge is -2.25. The van der Waals surface area contributed by atoms with Crippen LogP contribution in [0.15, 0.2) is 28.8 Å². The molecule has 1 aromatic carbocycles. The number of nitrogens with one attached hydrogen (secondary N) is 1. The van der Waals surface area contributed by atoms with E-state index in [9.17, 15) is 0 Å². The number of nitrogens with zero attached hydrogens (tertiary/aromatic N) is 2. The molecule has 2 atom stereocenters. The molecule has 2 heterocycles. The average Bonchev–Trinajstić information content (AvgIpc) is 2.89. The lowest BCUT2D eigenvalue weighted by molar-refractivity contribution is 0.295. The van der Waals surface area contributed by atoms with Crippen molar-refractivity contribution in [1.29, 1.82) is 0 Å². The van der Waals surface area contributed by atoms with Crippen LogP contribution < -0.4 is 5.32 Å². The lowest BCUT2D eigenvalue weighted by Crippen LogP contribution is -2.34. The van der Waals surface area contributed by atoms with Gasteiger partial charge in [0.05, 0.1) is 5.02 Å². The van der Waals surface area contributed by atoms with Crippen molar-refractivity contribution in [1.82, 2.24) is 15.5 Å². The molecule has 1 aliphatic rings. The number of halogens is 1. The number of aromatic nitrogens is 2. The predicted molar refractivity (Wildman–Crippen MR) is 74.2 cm³/mol. The van der Waals surface area contributed by atoms with Crippen molar-refractivity contribution in [2.24, 2.45) is 0 Å². The standard InChI is InChI=1S/C14H16ClN3O/c1-9-8-10(6-7-16-9)14-17-13(18-19-14)11-4-2-3-5-12(11)15/h2-5,9-10,16H,6-8H2,1H3/t9-,10-/m0/s1. The summed E-state index contributed by atoms with van der Waals surface area (Å²) in [6, 6.07) is 8.04. The summed E-state index contributed by atoms with van der Waals surface area (Å²) in [5.41, 5.74) is 0.821. The first-order chi connectivity index (χ1) is 9.24. The van der Waals surface area contributed by atoms with E-state index in [1.54, 1.807) is 0 Å². The van der Waals surface area contributed by atoms with Gasteiger partial charge in [-0.15, -0.1) is 0 Å². The zero-order valence-electron chi connectivity index (χ0n) is 10.8. The molecule has 1 N–H and O–H groups in total. The monoisotopic (exact) mass is 277 g/mol. The largest absolute Gasteiger partial charge is 0.339 e. The van der Waals surface area contributed by atoms with Gasteiger partial charge in [-0.3, -0.25) is 0 Å². The van der Waals surface area contributed by atoms with Crippen LogP contribution >= 0.6 is 11.6 Å². The summed E-state index contributed by atoms with van der Waals surface area (Å²) in [4.78, 5) is 4.51. The molecule has 0 spiro atoms. The molecule has 0 amide bonds. The molecule has 0 saturated carbocycles. The Hall–Kier alpha value is -1.39. The molecular formula is C14H16ClN3O. The van der Waals surface area contributed by atoms with Gasteiger partial charge in [-0.05, 0) is 38.4 Å². The van der Waals surface area contributed by atoms with Crippen LogP contribution in [0.25, 0.3) is 11.4 Å². The third-order valence-electron chi connectivity index (χ3n) is 3.53. The van der Waals surface area contributed by atoms with Crippen molar-refractivity contribution < 1.29 is 4.52 Å². The van der Waals surface area contributed by atoms with Crippen molar-refractivity contribution in [2.75, 3.05) is 6.54 Å². The molecule has 1 fully saturated rings. The Morgan fingerprint density at radius 3 is 3.00 bits per heavy atom. The second-order valence-corrected chi connectivity index (χ2v) is 5.42. The van der Waals surface area contributed by atoms with E-state index in [0.717, 1.165) is 30.8 Å². The highest BCUT2D eigenvalue weighted by atomic mass is 35.5. The molecule has 19 heavy (non-hydrogen) atoms. The van der Waals surface area contributed by atoms with Gasteiger partial charge >= 0.3 is 0 Å². The van der Waals surface area contributed by atoms with E-state index in [1.165, 1.54) is 0 Å². The number of hydrogen-bond acceptors (Lipinski definition) is 4. The molecule has 4 nitrogen and oxygen atoms in total. The van der Waals surface area contributed by atoms with Crippen LogP contribution in [0.3, 0.4) is 0 Å². The van der Waals surface area contributed by atoms with Crippen LogP contribution in [0.2, 0.25) is 5.02 Å². The van der Waals surface area contributed by atoms with E-state index in [2.05, 4.69) is 22.4 Å². The first-order valence-electron chi connectivity index (χ1n) is 6.56. The van der Waals surface area contributed by atoms with E-state index in [1.807, 2.05) is 24.3 Å². The molecule has 5 heteroatoms. The van der Waals surface area contributed by atoms with Crippen LogP contribution in [-0.4, -0.2) is 22.7 Å². The maximum Gasteiger partial charge on any atom is 0.230 e. The summed E-state index contributed by atoms with van der Waals surface area (Å²) in [5.74, 6) is 1.65. The van der Waals surface area contributed by atoms with E-state index in [-0.39, 0.29) is 0 Å². The zero-order chi connectivity index (χ0) is 13.2. The molecule has 1 saturated heterocycles. The molecular weight excluding hydrogens is 262 g/mol. The molecule has 2 aromatic rings. The minimum atomic E-state index is 0.347. The third kappa shape index (κ3) is 2.65. The highest BCUT2D eigenvalue weighted by molar-refractivity contribution is 6.33. The zero-order valence-corrected chi connectivity index (χ0v) is 11.5. The summed E-state index contributed by atoms with van der Waals surface area (Å²) in [6.45, 7) is 3.17. The smallest absolute Gasteiger partial charge is 0.230 e. The van der Waals surface area contributed by atoms with Gasteiger partial charge in [-0.25, -0.2) is 0 Å². The quantitative estimate of drug-likeness (QED) is 0.915. The van der Waals surface area contributed by atoms with Crippen LogP contribution in [0, 0.1) is 0 Å². The van der Waals surface area contributed by atoms with Crippen LogP contribution in [0.4, 0.5) is 0 Å². The number of piperidine rings is 1. The van der Waals surface area contributed by atoms with Crippen molar-refractivity contribution in [3.63, 3.8) is 0 Å². The molecule has 100 valence electrons. The molecule has 1 aromatic heterocycles. The Labute approximate surface area is 117 Å². The second-order valence-electron chi connectivity index (χ2n) is 5.01. The average molecular weight is 278 g/mol. The van der Waals surface area contributed by atoms with Crippen molar-refractivity contribution in [2.45, 2.75) is 31.7 Å². The Morgan fingerprint density at radius 1 is 1.37 bits per heavy atom. The maximum absolute atomic E-state index is 6.15. The van der Waals surface area contributed by atoms with Crippen LogP contribution in [0.5, 0.6) is 0 Å². The highest BCUT2D eigenvalue weighted by Crippen LogP contribution is 2.30. The van der Waals surface area contributed by atoms with Crippen molar-refractivity contribution in [3.05, 3.63) is 35.2 Å². The van der Waals surface area contributed by atoms with Crippen LogP contribution in [-0.2, 0) is 0 Å². The molecule has 0 unspecified atom stereocenters. The fourth-order valence-electron chi connectivity index (χ4n) is 2.51. The first kappa shape index (κ1) is 12.6. The normalized spacial score (nSPS) is 23.5. The Morgan fingerprint density at radius 2 is 2.21 bits per heavy atom. The predicted octanol–water partition coefficient (Wildman–Crippen LogP) is 3.25. The summed E-state index contributed by atoms with van der Waals surface area (Å²) >= 11 is 6.15. The minimum absolute atomic E-state index is 0.347. The maximum atomic E-state index is 6.15. The molecule has 3 rings (SSSR count). The second kappa shape index (κ2) is 5.31. The van der Waals surface area contributed by atoms with Gasteiger partial charge in [-0.2, -0.15) is 4.98 Å². The fraction of sp³-hybridized carbons (Fsp3) is 0.429. The lowest BCUT2D eigenvalue weighted by atomic mass is 9.93. The summed E-state index contributed by atoms with van der Waals surface area (Å²) in [6.07, 6.45) is 2.07. The fourth-order valence-corrected chi connectivity index (χ4v) is 2.73. The molecule has 0 aliphatic carbocycles. The van der Waals surface area contributed by atoms with E-state index < -0.39 is 0 Å².